The molecule has 1 aromatic heterocycles. The van der Waals surface area contributed by atoms with Crippen LogP contribution in [0, 0.1) is 0 Å². The number of nitrogens with zero attached hydrogens (tertiary/aromatic N) is 1. The molecule has 0 aliphatic carbocycles. The molecule has 0 aliphatic rings. The van der Waals surface area contributed by atoms with Gasteiger partial charge in [0.25, 0.3) is 5.91 Å². The van der Waals surface area contributed by atoms with Crippen LogP contribution in [0.4, 0.5) is 0 Å². The predicted octanol–water partition coefficient (Wildman–Crippen LogP) is 3.51. The lowest BCUT2D eigenvalue weighted by atomic mass is 10.0. The number of carbonyl (C=O) groups is 2. The highest BCUT2D eigenvalue weighted by Gasteiger charge is 2.27. The zero-order valence-electron chi connectivity index (χ0n) is 17.7. The Bertz CT molecular complexity index is 1390. The summed E-state index contributed by atoms with van der Waals surface area (Å²) in [5.74, 6) is -0.838. The van der Waals surface area contributed by atoms with Gasteiger partial charge in [-0.3, -0.25) is 9.59 Å². The van der Waals surface area contributed by atoms with E-state index in [4.69, 9.17) is 5.73 Å². The maximum Gasteiger partial charge on any atom is 0.252 e. The maximum absolute atomic E-state index is 13.5. The van der Waals surface area contributed by atoms with Crippen molar-refractivity contribution < 1.29 is 18.0 Å². The van der Waals surface area contributed by atoms with Gasteiger partial charge in [-0.2, -0.15) is 0 Å². The summed E-state index contributed by atoms with van der Waals surface area (Å²) in [6, 6.07) is 19.2. The molecule has 1 amide bonds. The fourth-order valence-electron chi connectivity index (χ4n) is 3.32. The summed E-state index contributed by atoms with van der Waals surface area (Å²) < 4.78 is 24.3. The zero-order valence-corrected chi connectivity index (χ0v) is 19.3. The third-order valence-corrected chi connectivity index (χ3v) is 7.32. The van der Waals surface area contributed by atoms with Crippen molar-refractivity contribution in [3.8, 4) is 0 Å². The minimum atomic E-state index is -3.38. The van der Waals surface area contributed by atoms with Gasteiger partial charge >= 0.3 is 0 Å². The Hall–Kier alpha value is -3.40. The topological polar surface area (TPSA) is 119 Å². The normalized spacial score (nSPS) is 12.4. The number of amides is 1. The SMILES string of the molecule is CS(=O)(=O)c1ccc(C(=O)NC(C(=O)c2nc3ccccc3s2)c2ccc(CN)cc2)cc1. The summed E-state index contributed by atoms with van der Waals surface area (Å²) in [6.07, 6.45) is 1.10. The lowest BCUT2D eigenvalue weighted by Crippen LogP contribution is -2.34. The lowest BCUT2D eigenvalue weighted by molar-refractivity contribution is 0.0857. The van der Waals surface area contributed by atoms with Crippen molar-refractivity contribution in [1.82, 2.24) is 10.3 Å². The largest absolute Gasteiger partial charge is 0.338 e. The van der Waals surface area contributed by atoms with Crippen LogP contribution in [-0.2, 0) is 16.4 Å². The van der Waals surface area contributed by atoms with Crippen LogP contribution >= 0.6 is 11.3 Å². The Kier molecular flexibility index (Phi) is 6.37. The van der Waals surface area contributed by atoms with Crippen LogP contribution in [-0.4, -0.2) is 31.3 Å². The summed E-state index contributed by atoms with van der Waals surface area (Å²) in [4.78, 5) is 31.0. The smallest absolute Gasteiger partial charge is 0.252 e. The Labute approximate surface area is 195 Å². The maximum atomic E-state index is 13.5. The van der Waals surface area contributed by atoms with Crippen molar-refractivity contribution in [2.75, 3.05) is 6.26 Å². The first kappa shape index (κ1) is 22.8. The van der Waals surface area contributed by atoms with Crippen LogP contribution in [0.2, 0.25) is 0 Å². The summed E-state index contributed by atoms with van der Waals surface area (Å²) in [5, 5.41) is 3.07. The highest BCUT2D eigenvalue weighted by molar-refractivity contribution is 7.90. The Morgan fingerprint density at radius 3 is 2.27 bits per heavy atom. The van der Waals surface area contributed by atoms with E-state index in [9.17, 15) is 18.0 Å². The highest BCUT2D eigenvalue weighted by Crippen LogP contribution is 2.27. The van der Waals surface area contributed by atoms with Crippen LogP contribution in [0.5, 0.6) is 0 Å². The quantitative estimate of drug-likeness (QED) is 0.392. The van der Waals surface area contributed by atoms with Crippen molar-refractivity contribution in [3.05, 3.63) is 94.5 Å². The number of rotatable bonds is 7. The van der Waals surface area contributed by atoms with Crippen molar-refractivity contribution in [3.63, 3.8) is 0 Å². The molecule has 4 aromatic rings. The number of para-hydroxylation sites is 1. The minimum Gasteiger partial charge on any atom is -0.338 e. The second kappa shape index (κ2) is 9.22. The Morgan fingerprint density at radius 1 is 1.00 bits per heavy atom. The molecule has 0 aliphatic heterocycles. The number of carbonyl (C=O) groups excluding carboxylic acids is 2. The number of ketones is 1. The van der Waals surface area contributed by atoms with E-state index in [0.29, 0.717) is 17.6 Å². The van der Waals surface area contributed by atoms with Gasteiger partial charge in [0.2, 0.25) is 5.78 Å². The standard InChI is InChI=1S/C24H21N3O4S2/c1-33(30,31)18-12-10-17(11-13-18)23(29)27-21(16-8-6-15(14-25)7-9-16)22(28)24-26-19-4-2-3-5-20(19)32-24/h2-13,21H,14,25H2,1H3,(H,27,29). The van der Waals surface area contributed by atoms with Crippen molar-refractivity contribution in [2.24, 2.45) is 5.73 Å². The molecule has 0 radical (unpaired) electrons. The molecular weight excluding hydrogens is 458 g/mol. The monoisotopic (exact) mass is 479 g/mol. The van der Waals surface area contributed by atoms with E-state index in [2.05, 4.69) is 10.3 Å². The van der Waals surface area contributed by atoms with E-state index >= 15 is 0 Å². The van der Waals surface area contributed by atoms with Crippen molar-refractivity contribution in [2.45, 2.75) is 17.5 Å². The number of sulfone groups is 1. The lowest BCUT2D eigenvalue weighted by Gasteiger charge is -2.18. The summed E-state index contributed by atoms with van der Waals surface area (Å²) in [7, 11) is -3.38. The summed E-state index contributed by atoms with van der Waals surface area (Å²) in [5.41, 5.74) is 8.13. The number of aromatic nitrogens is 1. The van der Waals surface area contributed by atoms with Crippen LogP contribution in [0.3, 0.4) is 0 Å². The van der Waals surface area contributed by atoms with Gasteiger partial charge in [0, 0.05) is 18.4 Å². The van der Waals surface area contributed by atoms with Gasteiger partial charge in [-0.05, 0) is 47.5 Å². The molecule has 3 N–H and O–H groups in total. The molecule has 1 atom stereocenters. The van der Waals surface area contributed by atoms with Crippen molar-refractivity contribution >= 4 is 43.1 Å². The molecule has 1 unspecified atom stereocenters. The molecule has 33 heavy (non-hydrogen) atoms. The molecule has 0 bridgehead atoms. The zero-order chi connectivity index (χ0) is 23.6. The number of fused-ring (bicyclic) bond motifs is 1. The molecule has 1 heterocycles. The number of hydrogen-bond acceptors (Lipinski definition) is 7. The third kappa shape index (κ3) is 5.00. The van der Waals surface area contributed by atoms with Gasteiger partial charge < -0.3 is 11.1 Å². The van der Waals surface area contributed by atoms with Gasteiger partial charge in [-0.25, -0.2) is 13.4 Å². The number of Topliss-reactive ketones (excluding diaryl/α,β-unsaturated/α-hetero) is 1. The first-order chi connectivity index (χ1) is 15.8. The van der Waals surface area contributed by atoms with E-state index in [0.717, 1.165) is 16.5 Å². The first-order valence-electron chi connectivity index (χ1n) is 10.1. The first-order valence-corrected chi connectivity index (χ1v) is 12.8. The number of nitrogens with two attached hydrogens (primary N) is 1. The molecule has 7 nitrogen and oxygen atoms in total. The van der Waals surface area contributed by atoms with Crippen molar-refractivity contribution in [1.29, 1.82) is 0 Å². The van der Waals surface area contributed by atoms with E-state index in [1.54, 1.807) is 24.3 Å². The summed E-state index contributed by atoms with van der Waals surface area (Å²) in [6.45, 7) is 0.357. The summed E-state index contributed by atoms with van der Waals surface area (Å²) >= 11 is 1.26. The molecule has 0 saturated carbocycles. The van der Waals surface area contributed by atoms with Gasteiger partial charge in [0.1, 0.15) is 6.04 Å². The molecule has 168 valence electrons. The number of thiazole rings is 1. The third-order valence-electron chi connectivity index (χ3n) is 5.14. The molecule has 3 aromatic carbocycles. The van der Waals surface area contributed by atoms with E-state index in [1.807, 2.05) is 24.3 Å². The molecule has 4 rings (SSSR count). The average Bonchev–Trinajstić information content (AvgIpc) is 3.26. The highest BCUT2D eigenvalue weighted by atomic mass is 32.2. The molecule has 0 fully saturated rings. The Morgan fingerprint density at radius 2 is 1.67 bits per heavy atom. The van der Waals surface area contributed by atoms with Gasteiger partial charge in [0.15, 0.2) is 14.8 Å². The van der Waals surface area contributed by atoms with Crippen LogP contribution < -0.4 is 11.1 Å². The fraction of sp³-hybridized carbons (Fsp3) is 0.125. The number of benzene rings is 3. The fourth-order valence-corrected chi connectivity index (χ4v) is 4.88. The predicted molar refractivity (Wildman–Crippen MR) is 128 cm³/mol. The minimum absolute atomic E-state index is 0.110. The molecule has 9 heteroatoms. The van der Waals surface area contributed by atoms with Crippen LogP contribution in [0.15, 0.2) is 77.7 Å². The molecule has 0 spiro atoms. The van der Waals surface area contributed by atoms with Gasteiger partial charge in [-0.15, -0.1) is 11.3 Å². The van der Waals surface area contributed by atoms with Crippen LogP contribution in [0.1, 0.15) is 37.3 Å². The average molecular weight is 480 g/mol. The van der Waals surface area contributed by atoms with Crippen LogP contribution in [0.25, 0.3) is 10.2 Å². The molecular formula is C24H21N3O4S2. The second-order valence-corrected chi connectivity index (χ2v) is 10.5. The Balaban J connectivity index is 1.67. The van der Waals surface area contributed by atoms with E-state index in [-0.39, 0.29) is 21.2 Å². The van der Waals surface area contributed by atoms with E-state index in [1.165, 1.54) is 35.6 Å². The molecule has 0 saturated heterocycles. The number of hydrogen-bond donors (Lipinski definition) is 2. The second-order valence-electron chi connectivity index (χ2n) is 7.50. The number of nitrogens with one attached hydrogen (secondary N) is 1. The van der Waals surface area contributed by atoms with Gasteiger partial charge in [-0.1, -0.05) is 36.4 Å². The van der Waals surface area contributed by atoms with Gasteiger partial charge in [0.05, 0.1) is 15.1 Å². The van der Waals surface area contributed by atoms with E-state index < -0.39 is 21.8 Å².